The Morgan fingerprint density at radius 1 is 0.966 bits per heavy atom. The molecular formula is C24H28Cl2N2O. The van der Waals surface area contributed by atoms with Gasteiger partial charge in [0.2, 0.25) is 5.91 Å². The number of carbonyl (C=O) groups is 1. The number of rotatable bonds is 5. The molecule has 2 saturated heterocycles. The quantitative estimate of drug-likeness (QED) is 0.606. The maximum atomic E-state index is 13.9. The lowest BCUT2D eigenvalue weighted by molar-refractivity contribution is -0.143. The molecule has 2 aliphatic heterocycles. The van der Waals surface area contributed by atoms with Gasteiger partial charge in [0.05, 0.1) is 21.5 Å². The predicted molar refractivity (Wildman–Crippen MR) is 120 cm³/mol. The van der Waals surface area contributed by atoms with Gasteiger partial charge >= 0.3 is 0 Å². The Kier molecular flexibility index (Phi) is 6.19. The van der Waals surface area contributed by atoms with E-state index in [1.54, 1.807) is 6.07 Å². The lowest BCUT2D eigenvalue weighted by Crippen LogP contribution is -2.52. The molecule has 0 saturated carbocycles. The van der Waals surface area contributed by atoms with Crippen molar-refractivity contribution in [2.45, 2.75) is 44.1 Å². The molecule has 0 spiro atoms. The van der Waals surface area contributed by atoms with Crippen LogP contribution in [0, 0.1) is 0 Å². The van der Waals surface area contributed by atoms with Crippen LogP contribution in [0.15, 0.2) is 48.5 Å². The maximum Gasteiger partial charge on any atom is 0.233 e. The number of halogens is 2. The van der Waals surface area contributed by atoms with Crippen molar-refractivity contribution in [2.75, 3.05) is 26.2 Å². The van der Waals surface area contributed by atoms with Crippen molar-refractivity contribution in [3.63, 3.8) is 0 Å². The first-order valence-electron chi connectivity index (χ1n) is 10.5. The molecule has 2 aliphatic rings. The van der Waals surface area contributed by atoms with Crippen molar-refractivity contribution >= 4 is 29.1 Å². The van der Waals surface area contributed by atoms with Gasteiger partial charge in [-0.25, -0.2) is 0 Å². The van der Waals surface area contributed by atoms with E-state index in [0.29, 0.717) is 10.0 Å². The van der Waals surface area contributed by atoms with E-state index in [4.69, 9.17) is 23.2 Å². The lowest BCUT2D eigenvalue weighted by Gasteiger charge is -2.44. The molecule has 154 valence electrons. The molecule has 3 nitrogen and oxygen atoms in total. The van der Waals surface area contributed by atoms with Crippen LogP contribution < -0.4 is 0 Å². The highest BCUT2D eigenvalue weighted by Crippen LogP contribution is 2.40. The molecule has 2 aromatic carbocycles. The molecule has 2 atom stereocenters. The van der Waals surface area contributed by atoms with Crippen LogP contribution in [0.25, 0.3) is 0 Å². The Morgan fingerprint density at radius 2 is 1.69 bits per heavy atom. The van der Waals surface area contributed by atoms with Gasteiger partial charge in [-0.05, 0) is 69.0 Å². The van der Waals surface area contributed by atoms with E-state index in [9.17, 15) is 4.79 Å². The fourth-order valence-corrected chi connectivity index (χ4v) is 5.10. The number of hydrogen-bond acceptors (Lipinski definition) is 2. The highest BCUT2D eigenvalue weighted by Gasteiger charge is 2.44. The molecule has 1 amide bonds. The molecule has 5 heteroatoms. The van der Waals surface area contributed by atoms with E-state index in [-0.39, 0.29) is 11.9 Å². The minimum Gasteiger partial charge on any atom is -0.334 e. The van der Waals surface area contributed by atoms with Gasteiger partial charge in [-0.15, -0.1) is 0 Å². The zero-order valence-electron chi connectivity index (χ0n) is 16.9. The number of carbonyl (C=O) groups excluding carboxylic acids is 1. The summed E-state index contributed by atoms with van der Waals surface area (Å²) in [4.78, 5) is 18.5. The topological polar surface area (TPSA) is 23.6 Å². The summed E-state index contributed by atoms with van der Waals surface area (Å²) < 4.78 is 0. The second-order valence-electron chi connectivity index (χ2n) is 8.50. The summed E-state index contributed by atoms with van der Waals surface area (Å²) in [6, 6.07) is 16.2. The molecule has 4 rings (SSSR count). The van der Waals surface area contributed by atoms with Crippen molar-refractivity contribution < 1.29 is 4.79 Å². The SMILES string of the molecule is CC1(c2ccc(Cl)c(Cl)c2)CCCN(C(CN2CCCC2)c2ccccc2)C1=O. The minimum absolute atomic E-state index is 0.0733. The first-order valence-corrected chi connectivity index (χ1v) is 11.3. The van der Waals surface area contributed by atoms with Gasteiger partial charge in [0.15, 0.2) is 0 Å². The second-order valence-corrected chi connectivity index (χ2v) is 9.31. The number of piperidine rings is 1. The maximum absolute atomic E-state index is 13.9. The normalized spacial score (nSPS) is 24.1. The summed E-state index contributed by atoms with van der Waals surface area (Å²) in [6.45, 7) is 5.99. The Hall–Kier alpha value is -1.55. The van der Waals surface area contributed by atoms with E-state index < -0.39 is 5.41 Å². The van der Waals surface area contributed by atoms with E-state index in [0.717, 1.165) is 44.6 Å². The van der Waals surface area contributed by atoms with Crippen LogP contribution in [0.4, 0.5) is 0 Å². The largest absolute Gasteiger partial charge is 0.334 e. The fourth-order valence-electron chi connectivity index (χ4n) is 4.80. The average molecular weight is 431 g/mol. The van der Waals surface area contributed by atoms with Crippen molar-refractivity contribution in [1.29, 1.82) is 0 Å². The summed E-state index contributed by atoms with van der Waals surface area (Å²) in [6.07, 6.45) is 4.30. The Labute approximate surface area is 183 Å². The molecule has 0 aliphatic carbocycles. The summed E-state index contributed by atoms with van der Waals surface area (Å²) in [5.41, 5.74) is 1.59. The molecule has 2 fully saturated rings. The smallest absolute Gasteiger partial charge is 0.233 e. The molecule has 2 unspecified atom stereocenters. The van der Waals surface area contributed by atoms with E-state index in [2.05, 4.69) is 41.0 Å². The van der Waals surface area contributed by atoms with Crippen LogP contribution in [0.5, 0.6) is 0 Å². The van der Waals surface area contributed by atoms with Crippen LogP contribution in [-0.4, -0.2) is 41.9 Å². The second kappa shape index (κ2) is 8.67. The van der Waals surface area contributed by atoms with Crippen molar-refractivity contribution in [3.8, 4) is 0 Å². The summed E-state index contributed by atoms with van der Waals surface area (Å²) in [5, 5.41) is 1.03. The third kappa shape index (κ3) is 4.19. The van der Waals surface area contributed by atoms with Crippen LogP contribution in [0.2, 0.25) is 10.0 Å². The number of nitrogens with zero attached hydrogens (tertiary/aromatic N) is 2. The first kappa shape index (κ1) is 20.7. The molecule has 29 heavy (non-hydrogen) atoms. The van der Waals surface area contributed by atoms with Gasteiger partial charge in [0, 0.05) is 13.1 Å². The zero-order chi connectivity index (χ0) is 20.4. The minimum atomic E-state index is -0.579. The monoisotopic (exact) mass is 430 g/mol. The molecule has 0 bridgehead atoms. The van der Waals surface area contributed by atoms with Crippen LogP contribution >= 0.6 is 23.2 Å². The van der Waals surface area contributed by atoms with Crippen LogP contribution in [0.3, 0.4) is 0 Å². The third-order valence-corrected chi connectivity index (χ3v) is 7.29. The van der Waals surface area contributed by atoms with Gasteiger partial charge in [-0.1, -0.05) is 59.6 Å². The highest BCUT2D eigenvalue weighted by molar-refractivity contribution is 6.42. The highest BCUT2D eigenvalue weighted by atomic mass is 35.5. The predicted octanol–water partition coefficient (Wildman–Crippen LogP) is 5.71. The Bertz CT molecular complexity index is 866. The van der Waals surface area contributed by atoms with Gasteiger partial charge in [-0.2, -0.15) is 0 Å². The summed E-state index contributed by atoms with van der Waals surface area (Å²) in [5.74, 6) is 0.190. The van der Waals surface area contributed by atoms with E-state index >= 15 is 0 Å². The number of likely N-dealkylation sites (tertiary alicyclic amines) is 2. The average Bonchev–Trinajstić information content (AvgIpc) is 3.24. The van der Waals surface area contributed by atoms with E-state index in [1.165, 1.54) is 18.4 Å². The van der Waals surface area contributed by atoms with Crippen LogP contribution in [0.1, 0.15) is 49.8 Å². The van der Waals surface area contributed by atoms with Gasteiger partial charge < -0.3 is 9.80 Å². The van der Waals surface area contributed by atoms with Gasteiger partial charge in [0.1, 0.15) is 0 Å². The van der Waals surface area contributed by atoms with Crippen molar-refractivity contribution in [2.24, 2.45) is 0 Å². The fraction of sp³-hybridized carbons (Fsp3) is 0.458. The van der Waals surface area contributed by atoms with Crippen molar-refractivity contribution in [1.82, 2.24) is 9.80 Å². The molecule has 0 radical (unpaired) electrons. The standard InChI is InChI=1S/C24H28Cl2N2O/c1-24(19-10-11-20(25)21(26)16-19)12-7-15-28(23(24)29)22(17-27-13-5-6-14-27)18-8-3-2-4-9-18/h2-4,8-11,16,22H,5-7,12-15,17H2,1H3. The summed E-state index contributed by atoms with van der Waals surface area (Å²) >= 11 is 12.4. The van der Waals surface area contributed by atoms with Gasteiger partial charge in [0.25, 0.3) is 0 Å². The summed E-state index contributed by atoms with van der Waals surface area (Å²) in [7, 11) is 0. The zero-order valence-corrected chi connectivity index (χ0v) is 18.4. The van der Waals surface area contributed by atoms with Crippen molar-refractivity contribution in [3.05, 3.63) is 69.7 Å². The van der Waals surface area contributed by atoms with E-state index in [1.807, 2.05) is 18.2 Å². The lowest BCUT2D eigenvalue weighted by atomic mass is 9.74. The molecular weight excluding hydrogens is 403 g/mol. The molecule has 2 aromatic rings. The Morgan fingerprint density at radius 3 is 2.38 bits per heavy atom. The van der Waals surface area contributed by atoms with Gasteiger partial charge in [-0.3, -0.25) is 4.79 Å². The number of hydrogen-bond donors (Lipinski definition) is 0. The number of benzene rings is 2. The first-order chi connectivity index (χ1) is 14.0. The third-order valence-electron chi connectivity index (χ3n) is 6.56. The van der Waals surface area contributed by atoms with Crippen LogP contribution in [-0.2, 0) is 10.2 Å². The number of amides is 1. The molecule has 0 N–H and O–H groups in total. The Balaban J connectivity index is 1.67. The molecule has 2 heterocycles. The molecule has 0 aromatic heterocycles.